The number of fused-ring (bicyclic) bond motifs is 1. The second-order valence-corrected chi connectivity index (χ2v) is 8.77. The minimum atomic E-state index is -3.78. The Labute approximate surface area is 169 Å². The fraction of sp³-hybridized carbons (Fsp3) is 0.286. The molecule has 7 nitrogen and oxygen atoms in total. The van der Waals surface area contributed by atoms with Crippen LogP contribution in [0.25, 0.3) is 10.8 Å². The highest BCUT2D eigenvalue weighted by Crippen LogP contribution is 2.25. The highest BCUT2D eigenvalue weighted by atomic mass is 32.2. The number of morpholine rings is 1. The number of benzene rings is 2. The van der Waals surface area contributed by atoms with Crippen LogP contribution in [0, 0.1) is 0 Å². The van der Waals surface area contributed by atoms with Crippen molar-refractivity contribution in [3.8, 4) is 0 Å². The van der Waals surface area contributed by atoms with Gasteiger partial charge in [-0.05, 0) is 35.4 Å². The molecule has 0 spiro atoms. The zero-order chi connectivity index (χ0) is 20.4. The molecular formula is C21H22N2O5S. The molecule has 0 bridgehead atoms. The van der Waals surface area contributed by atoms with Crippen LogP contribution in [0.5, 0.6) is 0 Å². The van der Waals surface area contributed by atoms with E-state index in [1.165, 1.54) is 16.4 Å². The van der Waals surface area contributed by atoms with Crippen molar-refractivity contribution < 1.29 is 22.4 Å². The van der Waals surface area contributed by atoms with Crippen molar-refractivity contribution in [2.24, 2.45) is 0 Å². The molecule has 2 aromatic carbocycles. The van der Waals surface area contributed by atoms with Crippen LogP contribution in [0.2, 0.25) is 0 Å². The summed E-state index contributed by atoms with van der Waals surface area (Å²) >= 11 is 0. The lowest BCUT2D eigenvalue weighted by atomic mass is 9.99. The van der Waals surface area contributed by atoms with Gasteiger partial charge in [0.1, 0.15) is 0 Å². The van der Waals surface area contributed by atoms with E-state index in [2.05, 4.69) is 5.32 Å². The standard InChI is InChI=1S/C21H22N2O5S/c1-15(17-8-4-6-16-5-2-3-7-18(16)17)22-21(24)19-9-10-20(28-19)29(25,26)23-11-13-27-14-12-23/h2-10,15H,11-14H2,1H3,(H,22,24). The Kier molecular flexibility index (Phi) is 5.40. The summed E-state index contributed by atoms with van der Waals surface area (Å²) in [5, 5.41) is 4.79. The van der Waals surface area contributed by atoms with Gasteiger partial charge in [0.25, 0.3) is 15.9 Å². The molecule has 3 aromatic rings. The van der Waals surface area contributed by atoms with Crippen LogP contribution in [0.3, 0.4) is 0 Å². The molecule has 1 amide bonds. The first-order valence-corrected chi connectivity index (χ1v) is 10.9. The number of nitrogens with zero attached hydrogens (tertiary/aromatic N) is 1. The predicted octanol–water partition coefficient (Wildman–Crippen LogP) is 2.94. The number of carbonyl (C=O) groups is 1. The normalized spacial score (nSPS) is 16.6. The summed E-state index contributed by atoms with van der Waals surface area (Å²) in [6.45, 7) is 3.10. The quantitative estimate of drug-likeness (QED) is 0.693. The minimum absolute atomic E-state index is 0.0380. The van der Waals surface area contributed by atoms with E-state index < -0.39 is 15.9 Å². The third-order valence-corrected chi connectivity index (χ3v) is 6.78. The van der Waals surface area contributed by atoms with E-state index in [-0.39, 0.29) is 30.0 Å². The largest absolute Gasteiger partial charge is 0.438 e. The Morgan fingerprint density at radius 1 is 1.03 bits per heavy atom. The molecule has 29 heavy (non-hydrogen) atoms. The monoisotopic (exact) mass is 414 g/mol. The number of hydrogen-bond donors (Lipinski definition) is 1. The van der Waals surface area contributed by atoms with Crippen LogP contribution in [0.1, 0.15) is 29.1 Å². The van der Waals surface area contributed by atoms with E-state index in [1.807, 2.05) is 49.4 Å². The molecule has 152 valence electrons. The first-order valence-electron chi connectivity index (χ1n) is 9.43. The third kappa shape index (κ3) is 3.91. The van der Waals surface area contributed by atoms with Gasteiger partial charge in [-0.2, -0.15) is 4.31 Å². The van der Waals surface area contributed by atoms with Gasteiger partial charge in [0.05, 0.1) is 19.3 Å². The van der Waals surface area contributed by atoms with Crippen molar-refractivity contribution in [1.29, 1.82) is 0 Å². The summed E-state index contributed by atoms with van der Waals surface area (Å²) in [5.41, 5.74) is 0.976. The second kappa shape index (κ2) is 7.98. The van der Waals surface area contributed by atoms with Crippen molar-refractivity contribution in [2.45, 2.75) is 18.1 Å². The number of furan rings is 1. The maximum absolute atomic E-state index is 12.7. The number of nitrogens with one attached hydrogen (secondary N) is 1. The molecule has 1 aliphatic heterocycles. The fourth-order valence-electron chi connectivity index (χ4n) is 3.47. The van der Waals surface area contributed by atoms with Crippen molar-refractivity contribution in [3.05, 3.63) is 65.9 Å². The number of amides is 1. The Morgan fingerprint density at radius 3 is 2.55 bits per heavy atom. The van der Waals surface area contributed by atoms with Gasteiger partial charge < -0.3 is 14.5 Å². The van der Waals surface area contributed by atoms with Gasteiger partial charge in [0.15, 0.2) is 5.76 Å². The van der Waals surface area contributed by atoms with Crippen LogP contribution in [0.4, 0.5) is 0 Å². The lowest BCUT2D eigenvalue weighted by Crippen LogP contribution is -2.40. The molecule has 1 unspecified atom stereocenters. The molecule has 4 rings (SSSR count). The van der Waals surface area contributed by atoms with Crippen molar-refractivity contribution in [2.75, 3.05) is 26.3 Å². The number of hydrogen-bond acceptors (Lipinski definition) is 5. The number of carbonyl (C=O) groups excluding carboxylic acids is 1. The third-order valence-electron chi connectivity index (χ3n) is 5.01. The molecule has 8 heteroatoms. The highest BCUT2D eigenvalue weighted by molar-refractivity contribution is 7.89. The Morgan fingerprint density at radius 2 is 1.76 bits per heavy atom. The van der Waals surface area contributed by atoms with Crippen LogP contribution >= 0.6 is 0 Å². The van der Waals surface area contributed by atoms with E-state index in [1.54, 1.807) is 0 Å². The summed E-state index contributed by atoms with van der Waals surface area (Å²) in [5.74, 6) is -0.502. The molecule has 1 fully saturated rings. The van der Waals surface area contributed by atoms with Crippen molar-refractivity contribution in [1.82, 2.24) is 9.62 Å². The lowest BCUT2D eigenvalue weighted by Gasteiger charge is -2.24. The minimum Gasteiger partial charge on any atom is -0.438 e. The average Bonchev–Trinajstić information content (AvgIpc) is 3.25. The Balaban J connectivity index is 1.52. The SMILES string of the molecule is CC(NC(=O)c1ccc(S(=O)(=O)N2CCOCC2)o1)c1cccc2ccccc12. The van der Waals surface area contributed by atoms with E-state index in [0.717, 1.165) is 16.3 Å². The van der Waals surface area contributed by atoms with E-state index in [0.29, 0.717) is 13.2 Å². The predicted molar refractivity (Wildman–Crippen MR) is 108 cm³/mol. The molecule has 1 aliphatic rings. The van der Waals surface area contributed by atoms with Crippen LogP contribution < -0.4 is 5.32 Å². The van der Waals surface area contributed by atoms with Crippen molar-refractivity contribution in [3.63, 3.8) is 0 Å². The van der Waals surface area contributed by atoms with Crippen LogP contribution in [0.15, 0.2) is 64.1 Å². The van der Waals surface area contributed by atoms with Gasteiger partial charge in [0, 0.05) is 13.1 Å². The summed E-state index contributed by atoms with van der Waals surface area (Å²) < 4.78 is 37.2. The Bertz CT molecular complexity index is 1130. The first kappa shape index (κ1) is 19.6. The molecule has 0 saturated carbocycles. The molecule has 0 aliphatic carbocycles. The summed E-state index contributed by atoms with van der Waals surface area (Å²) in [7, 11) is -3.78. The topological polar surface area (TPSA) is 88.9 Å². The van der Waals surface area contributed by atoms with Gasteiger partial charge in [-0.25, -0.2) is 8.42 Å². The van der Waals surface area contributed by atoms with Gasteiger partial charge in [-0.15, -0.1) is 0 Å². The van der Waals surface area contributed by atoms with E-state index in [4.69, 9.17) is 9.15 Å². The van der Waals surface area contributed by atoms with Gasteiger partial charge >= 0.3 is 0 Å². The van der Waals surface area contributed by atoms with Crippen LogP contribution in [-0.4, -0.2) is 44.9 Å². The fourth-order valence-corrected chi connectivity index (χ4v) is 4.79. The zero-order valence-corrected chi connectivity index (χ0v) is 16.8. The zero-order valence-electron chi connectivity index (χ0n) is 16.0. The number of sulfonamides is 1. The first-order chi connectivity index (χ1) is 14.0. The summed E-state index contributed by atoms with van der Waals surface area (Å²) in [6, 6.07) is 16.3. The number of rotatable bonds is 5. The summed E-state index contributed by atoms with van der Waals surface area (Å²) in [6.07, 6.45) is 0. The average molecular weight is 414 g/mol. The van der Waals surface area contributed by atoms with Gasteiger partial charge in [0.2, 0.25) is 5.09 Å². The maximum atomic E-state index is 12.7. The molecule has 1 saturated heterocycles. The van der Waals surface area contributed by atoms with Gasteiger partial charge in [-0.3, -0.25) is 4.79 Å². The molecule has 1 atom stereocenters. The second-order valence-electron chi connectivity index (χ2n) is 6.90. The lowest BCUT2D eigenvalue weighted by molar-refractivity contribution is 0.0722. The van der Waals surface area contributed by atoms with Crippen molar-refractivity contribution >= 4 is 26.7 Å². The number of ether oxygens (including phenoxy) is 1. The molecular weight excluding hydrogens is 392 g/mol. The van der Waals surface area contributed by atoms with Gasteiger partial charge in [-0.1, -0.05) is 42.5 Å². The molecule has 0 radical (unpaired) electrons. The smallest absolute Gasteiger partial charge is 0.287 e. The van der Waals surface area contributed by atoms with E-state index >= 15 is 0 Å². The van der Waals surface area contributed by atoms with Crippen LogP contribution in [-0.2, 0) is 14.8 Å². The summed E-state index contributed by atoms with van der Waals surface area (Å²) in [4.78, 5) is 12.6. The Hall–Kier alpha value is -2.68. The molecule has 2 heterocycles. The maximum Gasteiger partial charge on any atom is 0.287 e. The molecule has 1 N–H and O–H groups in total. The molecule has 1 aromatic heterocycles. The van der Waals surface area contributed by atoms with E-state index in [9.17, 15) is 13.2 Å². The highest BCUT2D eigenvalue weighted by Gasteiger charge is 2.30.